The van der Waals surface area contributed by atoms with Gasteiger partial charge in [-0.25, -0.2) is 0 Å². The molecule has 4 nitrogen and oxygen atoms in total. The Morgan fingerprint density at radius 1 is 1.38 bits per heavy atom. The molecule has 0 aromatic carbocycles. The third kappa shape index (κ3) is 5.00. The maximum absolute atomic E-state index is 8.59. The molecule has 0 amide bonds. The molecule has 0 aromatic heterocycles. The average Bonchev–Trinajstić information content (AvgIpc) is 2.94. The molecule has 1 aliphatic rings. The highest BCUT2D eigenvalue weighted by molar-refractivity contribution is 4.93. The second kappa shape index (κ2) is 6.10. The normalized spacial score (nSPS) is 20.2. The van der Waals surface area contributed by atoms with E-state index in [2.05, 4.69) is 13.5 Å². The van der Waals surface area contributed by atoms with Crippen LogP contribution in [0.5, 0.6) is 0 Å². The molecule has 3 N–H and O–H groups in total. The van der Waals surface area contributed by atoms with Gasteiger partial charge in [0.15, 0.2) is 0 Å². The van der Waals surface area contributed by atoms with Crippen LogP contribution in [-0.2, 0) is 4.74 Å². The maximum Gasteiger partial charge on any atom is 0.0781 e. The summed E-state index contributed by atoms with van der Waals surface area (Å²) in [6.45, 7) is 5.58. The largest absolute Gasteiger partial charge is 0.395 e. The van der Waals surface area contributed by atoms with Crippen LogP contribution < -0.4 is 0 Å². The quantitative estimate of drug-likeness (QED) is 0.414. The molecule has 1 aliphatic heterocycles. The molecule has 0 saturated carbocycles. The highest BCUT2D eigenvalue weighted by Crippen LogP contribution is 2.14. The summed E-state index contributed by atoms with van der Waals surface area (Å²) < 4.78 is 4.71. The van der Waals surface area contributed by atoms with Crippen molar-refractivity contribution in [2.75, 3.05) is 26.4 Å². The Morgan fingerprint density at radius 3 is 1.69 bits per heavy atom. The molecule has 1 fully saturated rings. The topological polar surface area (TPSA) is 73.2 Å². The highest BCUT2D eigenvalue weighted by Gasteiger charge is 2.22. The van der Waals surface area contributed by atoms with Gasteiger partial charge in [0.1, 0.15) is 0 Å². The van der Waals surface area contributed by atoms with Crippen molar-refractivity contribution in [2.45, 2.75) is 13.0 Å². The van der Waals surface area contributed by atoms with E-state index >= 15 is 0 Å². The average molecular weight is 190 g/mol. The van der Waals surface area contributed by atoms with Gasteiger partial charge in [0.25, 0.3) is 0 Å². The minimum atomic E-state index is -0.903. The summed E-state index contributed by atoms with van der Waals surface area (Å²) >= 11 is 0. The first-order valence-corrected chi connectivity index (χ1v) is 4.22. The predicted molar refractivity (Wildman–Crippen MR) is 49.3 cm³/mol. The molecule has 4 heteroatoms. The van der Waals surface area contributed by atoms with Crippen molar-refractivity contribution >= 4 is 0 Å². The van der Waals surface area contributed by atoms with Crippen LogP contribution in [0.25, 0.3) is 0 Å². The first-order chi connectivity index (χ1) is 6.14. The number of epoxide rings is 1. The lowest BCUT2D eigenvalue weighted by Crippen LogP contribution is -2.31. The Labute approximate surface area is 78.5 Å². The summed E-state index contributed by atoms with van der Waals surface area (Å²) in [5.74, 6) is 0. The molecule has 0 spiro atoms. The monoisotopic (exact) mass is 190 g/mol. The van der Waals surface area contributed by atoms with Gasteiger partial charge in [-0.1, -0.05) is 6.08 Å². The van der Waals surface area contributed by atoms with Crippen LogP contribution in [0.15, 0.2) is 12.7 Å². The molecule has 0 aliphatic carbocycles. The second-order valence-electron chi connectivity index (χ2n) is 3.18. The van der Waals surface area contributed by atoms with E-state index in [9.17, 15) is 0 Å². The summed E-state index contributed by atoms with van der Waals surface area (Å²) in [4.78, 5) is 0. The van der Waals surface area contributed by atoms with Gasteiger partial charge in [-0.15, -0.1) is 6.58 Å². The van der Waals surface area contributed by atoms with Crippen molar-refractivity contribution in [2.24, 2.45) is 5.41 Å². The fourth-order valence-corrected chi connectivity index (χ4v) is 0.440. The fraction of sp³-hybridized carbons (Fsp3) is 0.778. The number of hydrogen-bond donors (Lipinski definition) is 3. The lowest BCUT2D eigenvalue weighted by Gasteiger charge is -2.21. The molecule has 0 radical (unpaired) electrons. The van der Waals surface area contributed by atoms with E-state index in [-0.39, 0.29) is 19.8 Å². The van der Waals surface area contributed by atoms with E-state index in [1.807, 2.05) is 0 Å². The third-order valence-corrected chi connectivity index (χ3v) is 1.88. The SMILES string of the molecule is C=CC(CO)(CO)CO.CC1CO1. The van der Waals surface area contributed by atoms with Crippen molar-refractivity contribution in [3.63, 3.8) is 0 Å². The highest BCUT2D eigenvalue weighted by atomic mass is 16.6. The molecule has 0 aromatic rings. The molecular weight excluding hydrogens is 172 g/mol. The Bertz CT molecular complexity index is 130. The van der Waals surface area contributed by atoms with E-state index in [1.54, 1.807) is 0 Å². The van der Waals surface area contributed by atoms with Crippen molar-refractivity contribution in [3.8, 4) is 0 Å². The zero-order valence-electron chi connectivity index (χ0n) is 7.94. The van der Waals surface area contributed by atoms with Crippen LogP contribution in [-0.4, -0.2) is 47.9 Å². The summed E-state index contributed by atoms with van der Waals surface area (Å²) in [6.07, 6.45) is 1.94. The van der Waals surface area contributed by atoms with Crippen LogP contribution in [0.3, 0.4) is 0 Å². The predicted octanol–water partition coefficient (Wildman–Crippen LogP) is -0.459. The minimum Gasteiger partial charge on any atom is -0.395 e. The second-order valence-corrected chi connectivity index (χ2v) is 3.18. The standard InChI is InChI=1S/C6H12O3.C3H6O/c1-2-6(3-7,4-8)5-9;1-3-2-4-3/h2,7-9H,1,3-5H2;3H,2H2,1H3. The fourth-order valence-electron chi connectivity index (χ4n) is 0.440. The van der Waals surface area contributed by atoms with Crippen LogP contribution in [0.2, 0.25) is 0 Å². The van der Waals surface area contributed by atoms with Gasteiger partial charge >= 0.3 is 0 Å². The lowest BCUT2D eigenvalue weighted by atomic mass is 9.92. The summed E-state index contributed by atoms with van der Waals surface area (Å²) in [5, 5.41) is 25.8. The number of rotatable bonds is 4. The van der Waals surface area contributed by atoms with Crippen molar-refractivity contribution in [1.29, 1.82) is 0 Å². The molecule has 1 saturated heterocycles. The van der Waals surface area contributed by atoms with E-state index in [1.165, 1.54) is 6.08 Å². The van der Waals surface area contributed by atoms with Gasteiger partial charge in [0.05, 0.1) is 37.9 Å². The molecule has 13 heavy (non-hydrogen) atoms. The molecule has 78 valence electrons. The molecule has 1 atom stereocenters. The van der Waals surface area contributed by atoms with E-state index in [4.69, 9.17) is 20.1 Å². The Balaban J connectivity index is 0.000000293. The number of aliphatic hydroxyl groups excluding tert-OH is 3. The Kier molecular flexibility index (Phi) is 5.90. The Hall–Kier alpha value is -0.420. The van der Waals surface area contributed by atoms with Crippen LogP contribution in [0, 0.1) is 5.41 Å². The summed E-state index contributed by atoms with van der Waals surface area (Å²) in [6, 6.07) is 0. The molecule has 1 unspecified atom stereocenters. The maximum atomic E-state index is 8.59. The van der Waals surface area contributed by atoms with Gasteiger partial charge in [-0.2, -0.15) is 0 Å². The van der Waals surface area contributed by atoms with Gasteiger partial charge in [-0.3, -0.25) is 0 Å². The molecular formula is C9H18O4. The van der Waals surface area contributed by atoms with E-state index in [0.717, 1.165) is 6.61 Å². The van der Waals surface area contributed by atoms with Crippen molar-refractivity contribution in [1.82, 2.24) is 0 Å². The zero-order chi connectivity index (χ0) is 10.3. The first kappa shape index (κ1) is 12.6. The molecule has 1 rings (SSSR count). The van der Waals surface area contributed by atoms with Gasteiger partial charge in [0.2, 0.25) is 0 Å². The van der Waals surface area contributed by atoms with Gasteiger partial charge < -0.3 is 20.1 Å². The van der Waals surface area contributed by atoms with Gasteiger partial charge in [-0.05, 0) is 6.92 Å². The smallest absolute Gasteiger partial charge is 0.0781 e. The zero-order valence-corrected chi connectivity index (χ0v) is 7.94. The number of aliphatic hydroxyl groups is 3. The third-order valence-electron chi connectivity index (χ3n) is 1.88. The van der Waals surface area contributed by atoms with Crippen LogP contribution in [0.1, 0.15) is 6.92 Å². The Morgan fingerprint density at radius 2 is 1.69 bits per heavy atom. The van der Waals surface area contributed by atoms with Gasteiger partial charge in [0, 0.05) is 0 Å². The molecule has 0 bridgehead atoms. The van der Waals surface area contributed by atoms with Crippen LogP contribution >= 0.6 is 0 Å². The van der Waals surface area contributed by atoms with Crippen LogP contribution in [0.4, 0.5) is 0 Å². The summed E-state index contributed by atoms with van der Waals surface area (Å²) in [7, 11) is 0. The lowest BCUT2D eigenvalue weighted by molar-refractivity contribution is 0.0421. The van der Waals surface area contributed by atoms with Crippen molar-refractivity contribution < 1.29 is 20.1 Å². The van der Waals surface area contributed by atoms with E-state index in [0.29, 0.717) is 6.10 Å². The summed E-state index contributed by atoms with van der Waals surface area (Å²) in [5.41, 5.74) is -0.903. The minimum absolute atomic E-state index is 0.274. The molecule has 1 heterocycles. The van der Waals surface area contributed by atoms with E-state index < -0.39 is 5.41 Å². The number of hydrogen-bond acceptors (Lipinski definition) is 4. The first-order valence-electron chi connectivity index (χ1n) is 4.22. The number of ether oxygens (including phenoxy) is 1. The van der Waals surface area contributed by atoms with Crippen molar-refractivity contribution in [3.05, 3.63) is 12.7 Å².